The summed E-state index contributed by atoms with van der Waals surface area (Å²) < 4.78 is 5.61. The van der Waals surface area contributed by atoms with Crippen LogP contribution in [0.3, 0.4) is 0 Å². The van der Waals surface area contributed by atoms with Gasteiger partial charge in [-0.15, -0.1) is 0 Å². The molecule has 0 saturated heterocycles. The number of hydrogen-bond donors (Lipinski definition) is 1. The van der Waals surface area contributed by atoms with Gasteiger partial charge < -0.3 is 15.4 Å². The Morgan fingerprint density at radius 1 is 1.50 bits per heavy atom. The largest absolute Gasteiger partial charge is 0.492 e. The van der Waals surface area contributed by atoms with Gasteiger partial charge in [0.1, 0.15) is 17.3 Å². The van der Waals surface area contributed by atoms with E-state index in [0.29, 0.717) is 11.6 Å². The normalized spacial score (nSPS) is 10.4. The van der Waals surface area contributed by atoms with Crippen LogP contribution in [0.1, 0.15) is 12.5 Å². The number of likely N-dealkylation sites (N-methyl/N-ethyl adjacent to an activating group) is 1. The van der Waals surface area contributed by atoms with Gasteiger partial charge in [-0.3, -0.25) is 0 Å². The molecule has 0 heterocycles. The van der Waals surface area contributed by atoms with Gasteiger partial charge in [0.15, 0.2) is 0 Å². The molecule has 0 aromatic heterocycles. The predicted molar refractivity (Wildman–Crippen MR) is 71.0 cm³/mol. The highest BCUT2D eigenvalue weighted by Crippen LogP contribution is 2.13. The van der Waals surface area contributed by atoms with Crippen LogP contribution in [-0.4, -0.2) is 36.6 Å². The molecule has 88 valence electrons. The number of rotatable bonds is 6. The van der Waals surface area contributed by atoms with Crippen molar-refractivity contribution in [2.24, 2.45) is 5.73 Å². The molecule has 0 fully saturated rings. The molecule has 3 nitrogen and oxygen atoms in total. The average molecular weight is 238 g/mol. The first kappa shape index (κ1) is 12.9. The van der Waals surface area contributed by atoms with Crippen molar-refractivity contribution in [3.05, 3.63) is 29.8 Å². The van der Waals surface area contributed by atoms with Gasteiger partial charge in [-0.2, -0.15) is 0 Å². The van der Waals surface area contributed by atoms with E-state index < -0.39 is 0 Å². The summed E-state index contributed by atoms with van der Waals surface area (Å²) in [6.07, 6.45) is 0. The molecule has 4 heteroatoms. The SMILES string of the molecule is CCN(C)CCOc1cccc(C(N)=S)c1. The lowest BCUT2D eigenvalue weighted by molar-refractivity contribution is 0.244. The molecule has 0 aliphatic heterocycles. The van der Waals surface area contributed by atoms with Gasteiger partial charge in [-0.05, 0) is 25.7 Å². The fraction of sp³-hybridized carbons (Fsp3) is 0.417. The Labute approximate surface area is 102 Å². The van der Waals surface area contributed by atoms with Crippen molar-refractivity contribution >= 4 is 17.2 Å². The summed E-state index contributed by atoms with van der Waals surface area (Å²) in [4.78, 5) is 2.59. The molecule has 16 heavy (non-hydrogen) atoms. The second-order valence-corrected chi connectivity index (χ2v) is 4.08. The van der Waals surface area contributed by atoms with Crippen LogP contribution in [0.4, 0.5) is 0 Å². The third kappa shape index (κ3) is 4.16. The van der Waals surface area contributed by atoms with Crippen molar-refractivity contribution in [1.29, 1.82) is 0 Å². The van der Waals surface area contributed by atoms with Crippen LogP contribution >= 0.6 is 12.2 Å². The molecule has 0 saturated carbocycles. The number of benzene rings is 1. The Morgan fingerprint density at radius 2 is 2.25 bits per heavy atom. The van der Waals surface area contributed by atoms with Crippen molar-refractivity contribution < 1.29 is 4.74 Å². The van der Waals surface area contributed by atoms with Gasteiger partial charge >= 0.3 is 0 Å². The maximum absolute atomic E-state index is 5.61. The maximum Gasteiger partial charge on any atom is 0.120 e. The first-order valence-electron chi connectivity index (χ1n) is 5.34. The zero-order valence-electron chi connectivity index (χ0n) is 9.77. The van der Waals surface area contributed by atoms with Crippen LogP contribution in [0.15, 0.2) is 24.3 Å². The molecular weight excluding hydrogens is 220 g/mol. The maximum atomic E-state index is 5.61. The topological polar surface area (TPSA) is 38.5 Å². The molecule has 1 rings (SSSR count). The second kappa shape index (κ2) is 6.45. The Hall–Kier alpha value is -1.13. The molecule has 2 N–H and O–H groups in total. The highest BCUT2D eigenvalue weighted by molar-refractivity contribution is 7.80. The molecule has 0 radical (unpaired) electrons. The van der Waals surface area contributed by atoms with Gasteiger partial charge in [-0.1, -0.05) is 31.3 Å². The van der Waals surface area contributed by atoms with Crippen molar-refractivity contribution in [2.45, 2.75) is 6.92 Å². The van der Waals surface area contributed by atoms with E-state index in [2.05, 4.69) is 18.9 Å². The van der Waals surface area contributed by atoms with Gasteiger partial charge in [0.2, 0.25) is 0 Å². The van der Waals surface area contributed by atoms with E-state index in [0.717, 1.165) is 24.4 Å². The molecule has 0 bridgehead atoms. The molecule has 0 atom stereocenters. The summed E-state index contributed by atoms with van der Waals surface area (Å²) in [6, 6.07) is 7.56. The zero-order chi connectivity index (χ0) is 12.0. The Bertz CT molecular complexity index is 355. The van der Waals surface area contributed by atoms with Crippen LogP contribution in [0.25, 0.3) is 0 Å². The summed E-state index contributed by atoms with van der Waals surface area (Å²) in [5.74, 6) is 0.815. The van der Waals surface area contributed by atoms with E-state index in [4.69, 9.17) is 22.7 Å². The summed E-state index contributed by atoms with van der Waals surface area (Å²) in [5.41, 5.74) is 6.39. The van der Waals surface area contributed by atoms with Crippen molar-refractivity contribution in [3.63, 3.8) is 0 Å². The van der Waals surface area contributed by atoms with Crippen LogP contribution in [-0.2, 0) is 0 Å². The molecule has 0 spiro atoms. The third-order valence-corrected chi connectivity index (χ3v) is 2.64. The molecule has 0 amide bonds. The lowest BCUT2D eigenvalue weighted by Gasteiger charge is -2.14. The van der Waals surface area contributed by atoms with E-state index >= 15 is 0 Å². The van der Waals surface area contributed by atoms with Crippen molar-refractivity contribution in [3.8, 4) is 5.75 Å². The molecule has 0 unspecified atom stereocenters. The van der Waals surface area contributed by atoms with Crippen LogP contribution in [0, 0.1) is 0 Å². The van der Waals surface area contributed by atoms with E-state index in [1.807, 2.05) is 24.3 Å². The fourth-order valence-electron chi connectivity index (χ4n) is 1.22. The number of ether oxygens (including phenoxy) is 1. The lowest BCUT2D eigenvalue weighted by atomic mass is 10.2. The summed E-state index contributed by atoms with van der Waals surface area (Å²) in [7, 11) is 2.06. The van der Waals surface area contributed by atoms with E-state index in [1.54, 1.807) is 0 Å². The fourth-order valence-corrected chi connectivity index (χ4v) is 1.34. The van der Waals surface area contributed by atoms with Crippen LogP contribution < -0.4 is 10.5 Å². The smallest absolute Gasteiger partial charge is 0.120 e. The first-order valence-corrected chi connectivity index (χ1v) is 5.75. The van der Waals surface area contributed by atoms with Crippen LogP contribution in [0.2, 0.25) is 0 Å². The molecular formula is C12H18N2OS. The number of nitrogens with two attached hydrogens (primary N) is 1. The average Bonchev–Trinajstić information content (AvgIpc) is 2.29. The van der Waals surface area contributed by atoms with E-state index in [1.165, 1.54) is 0 Å². The minimum atomic E-state index is 0.399. The standard InChI is InChI=1S/C12H18N2OS/c1-3-14(2)7-8-15-11-6-4-5-10(9-11)12(13)16/h4-6,9H,3,7-8H2,1-2H3,(H2,13,16). The minimum absolute atomic E-state index is 0.399. The molecule has 1 aromatic carbocycles. The highest BCUT2D eigenvalue weighted by Gasteiger charge is 2.00. The Morgan fingerprint density at radius 3 is 2.88 bits per heavy atom. The van der Waals surface area contributed by atoms with E-state index in [9.17, 15) is 0 Å². The minimum Gasteiger partial charge on any atom is -0.492 e. The van der Waals surface area contributed by atoms with Crippen molar-refractivity contribution in [1.82, 2.24) is 4.90 Å². The summed E-state index contributed by atoms with van der Waals surface area (Å²) in [5, 5.41) is 0. The molecule has 0 aliphatic rings. The highest BCUT2D eigenvalue weighted by atomic mass is 32.1. The molecule has 0 aliphatic carbocycles. The third-order valence-electron chi connectivity index (χ3n) is 2.40. The Balaban J connectivity index is 2.48. The van der Waals surface area contributed by atoms with Gasteiger partial charge in [-0.25, -0.2) is 0 Å². The lowest BCUT2D eigenvalue weighted by Crippen LogP contribution is -2.23. The van der Waals surface area contributed by atoms with Gasteiger partial charge in [0.25, 0.3) is 0 Å². The summed E-state index contributed by atoms with van der Waals surface area (Å²) in [6.45, 7) is 4.72. The second-order valence-electron chi connectivity index (χ2n) is 3.64. The predicted octanol–water partition coefficient (Wildman–Crippen LogP) is 1.65. The van der Waals surface area contributed by atoms with Crippen molar-refractivity contribution in [2.75, 3.05) is 26.7 Å². The van der Waals surface area contributed by atoms with E-state index in [-0.39, 0.29) is 0 Å². The van der Waals surface area contributed by atoms with Gasteiger partial charge in [0.05, 0.1) is 0 Å². The number of thiocarbonyl (C=S) groups is 1. The first-order chi connectivity index (χ1) is 7.63. The number of hydrogen-bond acceptors (Lipinski definition) is 3. The quantitative estimate of drug-likeness (QED) is 0.765. The monoisotopic (exact) mass is 238 g/mol. The van der Waals surface area contributed by atoms with Gasteiger partial charge in [0, 0.05) is 12.1 Å². The zero-order valence-corrected chi connectivity index (χ0v) is 10.6. The molecule has 1 aromatic rings. The summed E-state index contributed by atoms with van der Waals surface area (Å²) >= 11 is 4.91. The Kier molecular flexibility index (Phi) is 5.22. The van der Waals surface area contributed by atoms with Crippen LogP contribution in [0.5, 0.6) is 5.75 Å². The number of nitrogens with zero attached hydrogens (tertiary/aromatic N) is 1.